The van der Waals surface area contributed by atoms with Gasteiger partial charge in [-0.15, -0.1) is 0 Å². The van der Waals surface area contributed by atoms with Crippen molar-refractivity contribution < 1.29 is 0 Å². The lowest BCUT2D eigenvalue weighted by molar-refractivity contribution is 0.948. The molecule has 0 saturated carbocycles. The van der Waals surface area contributed by atoms with Crippen molar-refractivity contribution in [3.63, 3.8) is 0 Å². The van der Waals surface area contributed by atoms with Crippen molar-refractivity contribution in [2.24, 2.45) is 0 Å². The molecule has 28 heavy (non-hydrogen) atoms. The number of aryl methyl sites for hydroxylation is 1. The van der Waals surface area contributed by atoms with E-state index in [0.29, 0.717) is 0 Å². The van der Waals surface area contributed by atoms with E-state index in [0.717, 1.165) is 34.5 Å². The number of rotatable bonds is 4. The maximum absolute atomic E-state index is 4.63. The Hall–Kier alpha value is -3.24. The van der Waals surface area contributed by atoms with Gasteiger partial charge in [-0.25, -0.2) is 9.50 Å². The molecule has 0 bridgehead atoms. The van der Waals surface area contributed by atoms with Crippen molar-refractivity contribution in [3.05, 3.63) is 89.4 Å². The topological polar surface area (TPSA) is 30.2 Å². The number of hydrogen-bond donors (Lipinski definition) is 0. The normalized spacial score (nSPS) is 11.2. The van der Waals surface area contributed by atoms with Crippen LogP contribution in [0.25, 0.3) is 39.2 Å². The molecule has 3 heterocycles. The predicted octanol–water partition coefficient (Wildman–Crippen LogP) is 6.35. The minimum Gasteiger partial charge on any atom is -0.236 e. The predicted molar refractivity (Wildman–Crippen MR) is 117 cm³/mol. The fourth-order valence-corrected chi connectivity index (χ4v) is 4.18. The number of hydrogen-bond acceptors (Lipinski definition) is 3. The fourth-order valence-electron chi connectivity index (χ4n) is 3.52. The summed E-state index contributed by atoms with van der Waals surface area (Å²) in [7, 11) is 0. The van der Waals surface area contributed by atoms with Crippen LogP contribution in [-0.2, 0) is 6.42 Å². The van der Waals surface area contributed by atoms with Gasteiger partial charge in [0.1, 0.15) is 0 Å². The van der Waals surface area contributed by atoms with Crippen LogP contribution in [0.5, 0.6) is 0 Å². The molecule has 3 aromatic heterocycles. The Kier molecular flexibility index (Phi) is 4.26. The van der Waals surface area contributed by atoms with Gasteiger partial charge in [-0.3, -0.25) is 0 Å². The Morgan fingerprint density at radius 1 is 0.893 bits per heavy atom. The third-order valence-electron chi connectivity index (χ3n) is 5.09. The average molecular weight is 382 g/mol. The van der Waals surface area contributed by atoms with Gasteiger partial charge in [-0.2, -0.15) is 16.4 Å². The third-order valence-corrected chi connectivity index (χ3v) is 5.77. The van der Waals surface area contributed by atoms with Crippen LogP contribution in [0.3, 0.4) is 0 Å². The maximum Gasteiger partial charge on any atom is 0.163 e. The van der Waals surface area contributed by atoms with E-state index in [1.807, 2.05) is 23.0 Å². The third kappa shape index (κ3) is 2.92. The quantitative estimate of drug-likeness (QED) is 0.363. The molecule has 0 aliphatic carbocycles. The molecule has 4 heteroatoms. The summed E-state index contributed by atoms with van der Waals surface area (Å²) in [5.41, 5.74) is 9.06. The number of benzene rings is 2. The summed E-state index contributed by atoms with van der Waals surface area (Å²) in [5, 5.41) is 8.85. The summed E-state index contributed by atoms with van der Waals surface area (Å²) in [4.78, 5) is 4.59. The van der Waals surface area contributed by atoms with E-state index in [-0.39, 0.29) is 0 Å². The van der Waals surface area contributed by atoms with E-state index < -0.39 is 0 Å². The first-order valence-electron chi connectivity index (χ1n) is 9.38. The van der Waals surface area contributed by atoms with E-state index in [4.69, 9.17) is 0 Å². The second-order valence-electron chi connectivity index (χ2n) is 6.77. The molecule has 0 amide bonds. The first-order valence-corrected chi connectivity index (χ1v) is 10.3. The van der Waals surface area contributed by atoms with Crippen LogP contribution in [0.2, 0.25) is 0 Å². The van der Waals surface area contributed by atoms with Gasteiger partial charge in [0.25, 0.3) is 0 Å². The lowest BCUT2D eigenvalue weighted by Gasteiger charge is -2.08. The van der Waals surface area contributed by atoms with E-state index in [1.54, 1.807) is 11.3 Å². The molecular weight excluding hydrogens is 362 g/mol. The number of fused-ring (bicyclic) bond motifs is 1. The van der Waals surface area contributed by atoms with Crippen molar-refractivity contribution in [2.45, 2.75) is 13.3 Å². The first-order chi connectivity index (χ1) is 13.8. The first kappa shape index (κ1) is 16.9. The molecule has 2 aromatic carbocycles. The van der Waals surface area contributed by atoms with Gasteiger partial charge >= 0.3 is 0 Å². The van der Waals surface area contributed by atoms with Crippen molar-refractivity contribution >= 4 is 17.0 Å². The Morgan fingerprint density at radius 3 is 2.54 bits per heavy atom. The van der Waals surface area contributed by atoms with E-state index in [1.165, 1.54) is 16.7 Å². The Balaban J connectivity index is 1.60. The average Bonchev–Trinajstić information content (AvgIpc) is 3.43. The minimum absolute atomic E-state index is 0.883. The molecule has 0 radical (unpaired) electrons. The van der Waals surface area contributed by atoms with Gasteiger partial charge < -0.3 is 0 Å². The van der Waals surface area contributed by atoms with E-state index in [9.17, 15) is 0 Å². The standard InChI is InChI=1S/C24H19N3S/c1-2-17-6-8-18(9-7-17)19-4-3-5-20(14-19)23-10-12-25-24-22(15-26-27(23)24)21-11-13-28-16-21/h3-16H,2H2,1H3. The summed E-state index contributed by atoms with van der Waals surface area (Å²) in [6, 6.07) is 21.5. The van der Waals surface area contributed by atoms with E-state index in [2.05, 4.69) is 82.4 Å². The van der Waals surface area contributed by atoms with Crippen LogP contribution >= 0.6 is 11.3 Å². The summed E-state index contributed by atoms with van der Waals surface area (Å²) in [5.74, 6) is 0. The second kappa shape index (κ2) is 7.06. The van der Waals surface area contributed by atoms with Crippen LogP contribution in [0.15, 0.2) is 83.8 Å². The SMILES string of the molecule is CCc1ccc(-c2cccc(-c3ccnc4c(-c5ccsc5)cnn34)c2)cc1. The van der Waals surface area contributed by atoms with Crippen LogP contribution in [0.1, 0.15) is 12.5 Å². The largest absolute Gasteiger partial charge is 0.236 e. The molecule has 0 saturated heterocycles. The zero-order valence-corrected chi connectivity index (χ0v) is 16.4. The van der Waals surface area contributed by atoms with Gasteiger partial charge in [0.15, 0.2) is 5.65 Å². The Labute approximate surface area is 167 Å². The summed E-state index contributed by atoms with van der Waals surface area (Å²) < 4.78 is 1.94. The van der Waals surface area contributed by atoms with Crippen LogP contribution in [-0.4, -0.2) is 14.6 Å². The number of thiophene rings is 1. The molecule has 0 spiro atoms. The lowest BCUT2D eigenvalue weighted by Crippen LogP contribution is -1.96. The molecule has 0 unspecified atom stereocenters. The van der Waals surface area contributed by atoms with Gasteiger partial charge in [0, 0.05) is 17.3 Å². The molecule has 0 aliphatic heterocycles. The summed E-state index contributed by atoms with van der Waals surface area (Å²) in [6.45, 7) is 2.18. The van der Waals surface area contributed by atoms with Crippen LogP contribution in [0, 0.1) is 0 Å². The highest BCUT2D eigenvalue weighted by atomic mass is 32.1. The molecule has 0 N–H and O–H groups in total. The lowest BCUT2D eigenvalue weighted by atomic mass is 10.00. The molecule has 0 atom stereocenters. The Bertz CT molecular complexity index is 1230. The second-order valence-corrected chi connectivity index (χ2v) is 7.55. The molecule has 5 aromatic rings. The smallest absolute Gasteiger partial charge is 0.163 e. The highest BCUT2D eigenvalue weighted by Crippen LogP contribution is 2.30. The highest BCUT2D eigenvalue weighted by Gasteiger charge is 2.12. The van der Waals surface area contributed by atoms with Gasteiger partial charge in [-0.05, 0) is 57.6 Å². The van der Waals surface area contributed by atoms with Crippen molar-refractivity contribution in [2.75, 3.05) is 0 Å². The van der Waals surface area contributed by atoms with E-state index >= 15 is 0 Å². The van der Waals surface area contributed by atoms with Crippen molar-refractivity contribution in [3.8, 4) is 33.5 Å². The number of aromatic nitrogens is 3. The maximum atomic E-state index is 4.63. The zero-order valence-electron chi connectivity index (χ0n) is 15.5. The van der Waals surface area contributed by atoms with Gasteiger partial charge in [0.2, 0.25) is 0 Å². The minimum atomic E-state index is 0.883. The van der Waals surface area contributed by atoms with Crippen LogP contribution in [0.4, 0.5) is 0 Å². The van der Waals surface area contributed by atoms with Crippen LogP contribution < -0.4 is 0 Å². The Morgan fingerprint density at radius 2 is 1.75 bits per heavy atom. The summed E-state index contributed by atoms with van der Waals surface area (Å²) in [6.07, 6.45) is 4.83. The molecule has 136 valence electrons. The molecular formula is C24H19N3S. The number of nitrogens with zero attached hydrogens (tertiary/aromatic N) is 3. The fraction of sp³-hybridized carbons (Fsp3) is 0.0833. The molecule has 5 rings (SSSR count). The van der Waals surface area contributed by atoms with Gasteiger partial charge in [0.05, 0.1) is 11.9 Å². The van der Waals surface area contributed by atoms with Crippen molar-refractivity contribution in [1.29, 1.82) is 0 Å². The molecule has 3 nitrogen and oxygen atoms in total. The molecule has 0 fully saturated rings. The highest BCUT2D eigenvalue weighted by molar-refractivity contribution is 7.08. The summed E-state index contributed by atoms with van der Waals surface area (Å²) >= 11 is 1.68. The zero-order chi connectivity index (χ0) is 18.9. The monoisotopic (exact) mass is 381 g/mol. The molecule has 0 aliphatic rings. The van der Waals surface area contributed by atoms with Gasteiger partial charge in [-0.1, -0.05) is 49.4 Å². The van der Waals surface area contributed by atoms with Crippen molar-refractivity contribution in [1.82, 2.24) is 14.6 Å².